The minimum Gasteiger partial charge on any atom is -0.490 e. The molecule has 0 amide bonds. The molecular formula is C24H23Cl2NO2. The normalized spacial score (nSPS) is 11.1. The van der Waals surface area contributed by atoms with Crippen molar-refractivity contribution >= 4 is 35.1 Å². The fourth-order valence-corrected chi connectivity index (χ4v) is 3.39. The van der Waals surface area contributed by atoms with Crippen LogP contribution in [-0.4, -0.2) is 12.8 Å². The number of halogens is 2. The molecule has 5 heteroatoms. The molecular weight excluding hydrogens is 405 g/mol. The van der Waals surface area contributed by atoms with Crippen LogP contribution in [0.5, 0.6) is 11.5 Å². The van der Waals surface area contributed by atoms with Crippen molar-refractivity contribution < 1.29 is 9.47 Å². The molecule has 0 saturated heterocycles. The van der Waals surface area contributed by atoms with Crippen LogP contribution in [0.4, 0.5) is 5.69 Å². The number of ether oxygens (including phenoxy) is 2. The number of rotatable bonds is 7. The number of nitrogens with zero attached hydrogens (tertiary/aromatic N) is 1. The number of hydrogen-bond donors (Lipinski definition) is 0. The molecule has 3 nitrogen and oxygen atoms in total. The Morgan fingerprint density at radius 2 is 1.72 bits per heavy atom. The highest BCUT2D eigenvalue weighted by Gasteiger charge is 2.13. The van der Waals surface area contributed by atoms with E-state index in [0.29, 0.717) is 34.8 Å². The van der Waals surface area contributed by atoms with Crippen molar-refractivity contribution in [2.24, 2.45) is 4.99 Å². The molecule has 0 unspecified atom stereocenters. The zero-order valence-corrected chi connectivity index (χ0v) is 18.2. The second-order valence-corrected chi connectivity index (χ2v) is 7.51. The second-order valence-electron chi connectivity index (χ2n) is 6.69. The zero-order valence-electron chi connectivity index (χ0n) is 16.7. The van der Waals surface area contributed by atoms with Gasteiger partial charge in [-0.1, -0.05) is 59.1 Å². The zero-order chi connectivity index (χ0) is 20.8. The first-order valence-corrected chi connectivity index (χ1v) is 10.2. The Morgan fingerprint density at radius 1 is 0.931 bits per heavy atom. The van der Waals surface area contributed by atoms with Crippen molar-refractivity contribution in [2.75, 3.05) is 6.61 Å². The molecule has 0 radical (unpaired) electrons. The van der Waals surface area contributed by atoms with Crippen LogP contribution in [-0.2, 0) is 6.61 Å². The largest absolute Gasteiger partial charge is 0.490 e. The molecule has 150 valence electrons. The van der Waals surface area contributed by atoms with Gasteiger partial charge >= 0.3 is 0 Å². The van der Waals surface area contributed by atoms with Crippen molar-refractivity contribution in [3.63, 3.8) is 0 Å². The monoisotopic (exact) mass is 427 g/mol. The van der Waals surface area contributed by atoms with Crippen molar-refractivity contribution in [1.29, 1.82) is 0 Å². The van der Waals surface area contributed by atoms with Gasteiger partial charge in [-0.2, -0.15) is 0 Å². The first-order chi connectivity index (χ1) is 14.0. The van der Waals surface area contributed by atoms with E-state index < -0.39 is 0 Å². The first-order valence-electron chi connectivity index (χ1n) is 9.41. The minimum absolute atomic E-state index is 0.301. The summed E-state index contributed by atoms with van der Waals surface area (Å²) >= 11 is 12.7. The summed E-state index contributed by atoms with van der Waals surface area (Å²) in [7, 11) is 0. The standard InChI is InChI=1S/C24H23Cl2NO2/c1-4-28-23-13-18(14-27-22-10-9-16(2)11-17(22)3)12-21(26)24(23)29-15-19-7-5-6-8-20(19)25/h5-14H,4,15H2,1-3H3. The number of aliphatic imine (C=N–C) groups is 1. The molecule has 0 N–H and O–H groups in total. The number of benzene rings is 3. The van der Waals surface area contributed by atoms with E-state index in [1.54, 1.807) is 6.21 Å². The van der Waals surface area contributed by atoms with Crippen LogP contribution >= 0.6 is 23.2 Å². The maximum atomic E-state index is 6.51. The molecule has 0 aliphatic carbocycles. The average molecular weight is 428 g/mol. The van der Waals surface area contributed by atoms with Gasteiger partial charge in [0.1, 0.15) is 6.61 Å². The summed E-state index contributed by atoms with van der Waals surface area (Å²) in [6, 6.07) is 17.4. The molecule has 3 aromatic carbocycles. The smallest absolute Gasteiger partial charge is 0.180 e. The van der Waals surface area contributed by atoms with E-state index in [0.717, 1.165) is 22.4 Å². The van der Waals surface area contributed by atoms with Gasteiger partial charge < -0.3 is 9.47 Å². The van der Waals surface area contributed by atoms with E-state index in [1.165, 1.54) is 5.56 Å². The van der Waals surface area contributed by atoms with Crippen LogP contribution in [0, 0.1) is 13.8 Å². The van der Waals surface area contributed by atoms with Gasteiger partial charge in [0.05, 0.1) is 17.3 Å². The summed E-state index contributed by atoms with van der Waals surface area (Å²) < 4.78 is 11.7. The number of hydrogen-bond acceptors (Lipinski definition) is 3. The van der Waals surface area contributed by atoms with E-state index >= 15 is 0 Å². The highest BCUT2D eigenvalue weighted by atomic mass is 35.5. The Bertz CT molecular complexity index is 1030. The predicted octanol–water partition coefficient (Wildman–Crippen LogP) is 7.34. The molecule has 0 heterocycles. The first kappa shape index (κ1) is 21.2. The third-order valence-corrected chi connectivity index (χ3v) is 5.02. The van der Waals surface area contributed by atoms with Crippen LogP contribution in [0.3, 0.4) is 0 Å². The Labute approximate surface area is 181 Å². The van der Waals surface area contributed by atoms with Crippen LogP contribution < -0.4 is 9.47 Å². The van der Waals surface area contributed by atoms with Gasteiger partial charge in [0.25, 0.3) is 0 Å². The highest BCUT2D eigenvalue weighted by molar-refractivity contribution is 6.32. The van der Waals surface area contributed by atoms with Crippen molar-refractivity contribution in [1.82, 2.24) is 0 Å². The summed E-state index contributed by atoms with van der Waals surface area (Å²) in [5, 5.41) is 1.11. The molecule has 0 aromatic heterocycles. The van der Waals surface area contributed by atoms with Crippen molar-refractivity contribution in [3.05, 3.63) is 86.9 Å². The van der Waals surface area contributed by atoms with Crippen molar-refractivity contribution in [3.8, 4) is 11.5 Å². The van der Waals surface area contributed by atoms with E-state index in [9.17, 15) is 0 Å². The summed E-state index contributed by atoms with van der Waals surface area (Å²) in [6.07, 6.45) is 1.78. The fourth-order valence-electron chi connectivity index (χ4n) is 2.93. The molecule has 29 heavy (non-hydrogen) atoms. The summed E-state index contributed by atoms with van der Waals surface area (Å²) in [5.74, 6) is 1.08. The Balaban J connectivity index is 1.85. The summed E-state index contributed by atoms with van der Waals surface area (Å²) in [4.78, 5) is 4.60. The van der Waals surface area contributed by atoms with Crippen LogP contribution in [0.2, 0.25) is 10.0 Å². The average Bonchev–Trinajstić information content (AvgIpc) is 2.68. The van der Waals surface area contributed by atoms with Crippen molar-refractivity contribution in [2.45, 2.75) is 27.4 Å². The van der Waals surface area contributed by atoms with Gasteiger partial charge in [-0.25, -0.2) is 0 Å². The van der Waals surface area contributed by atoms with E-state index in [-0.39, 0.29) is 0 Å². The molecule has 3 aromatic rings. The summed E-state index contributed by atoms with van der Waals surface area (Å²) in [6.45, 7) is 6.83. The van der Waals surface area contributed by atoms with Crippen LogP contribution in [0.15, 0.2) is 59.6 Å². The molecule has 3 rings (SSSR count). The van der Waals surface area contributed by atoms with E-state index in [4.69, 9.17) is 32.7 Å². The molecule has 0 saturated carbocycles. The lowest BCUT2D eigenvalue weighted by atomic mass is 10.1. The van der Waals surface area contributed by atoms with Gasteiger partial charge in [0.2, 0.25) is 0 Å². The maximum absolute atomic E-state index is 6.51. The fraction of sp³-hybridized carbons (Fsp3) is 0.208. The predicted molar refractivity (Wildman–Crippen MR) is 122 cm³/mol. The van der Waals surface area contributed by atoms with Gasteiger partial charge in [-0.15, -0.1) is 0 Å². The van der Waals surface area contributed by atoms with Crippen LogP contribution in [0.25, 0.3) is 0 Å². The molecule has 0 atom stereocenters. The Hall–Kier alpha value is -2.49. The second kappa shape index (κ2) is 9.82. The molecule has 0 aliphatic rings. The molecule has 0 aliphatic heterocycles. The highest BCUT2D eigenvalue weighted by Crippen LogP contribution is 2.37. The lowest BCUT2D eigenvalue weighted by Gasteiger charge is -2.15. The maximum Gasteiger partial charge on any atom is 0.180 e. The molecule has 0 bridgehead atoms. The molecule has 0 fully saturated rings. The summed E-state index contributed by atoms with van der Waals surface area (Å²) in [5.41, 5.74) is 4.97. The van der Waals surface area contributed by atoms with Crippen LogP contribution in [0.1, 0.15) is 29.2 Å². The van der Waals surface area contributed by atoms with Gasteiger partial charge in [0, 0.05) is 16.8 Å². The Kier molecular flexibility index (Phi) is 7.18. The molecule has 0 spiro atoms. The number of aryl methyl sites for hydroxylation is 2. The third kappa shape index (κ3) is 5.53. The van der Waals surface area contributed by atoms with Gasteiger partial charge in [-0.3, -0.25) is 4.99 Å². The quantitative estimate of drug-likeness (QED) is 0.369. The van der Waals surface area contributed by atoms with E-state index in [1.807, 2.05) is 62.4 Å². The SMILES string of the molecule is CCOc1cc(C=Nc2ccc(C)cc2C)cc(Cl)c1OCc1ccccc1Cl. The Morgan fingerprint density at radius 3 is 2.45 bits per heavy atom. The minimum atomic E-state index is 0.301. The lowest BCUT2D eigenvalue weighted by Crippen LogP contribution is -2.01. The van der Waals surface area contributed by atoms with E-state index in [2.05, 4.69) is 18.0 Å². The van der Waals surface area contributed by atoms with Gasteiger partial charge in [-0.05, 0) is 56.2 Å². The lowest BCUT2D eigenvalue weighted by molar-refractivity contribution is 0.269. The topological polar surface area (TPSA) is 30.8 Å². The third-order valence-electron chi connectivity index (χ3n) is 4.37. The van der Waals surface area contributed by atoms with Gasteiger partial charge in [0.15, 0.2) is 11.5 Å².